The van der Waals surface area contributed by atoms with E-state index >= 15 is 0 Å². The minimum Gasteiger partial charge on any atom is -0.396 e. The maximum absolute atomic E-state index is 11.8. The van der Waals surface area contributed by atoms with Gasteiger partial charge in [0.2, 0.25) is 0 Å². The predicted octanol–water partition coefficient (Wildman–Crippen LogP) is 4.85. The second-order valence-electron chi connectivity index (χ2n) is 7.50. The zero-order chi connectivity index (χ0) is 23.3. The molecule has 0 aliphatic carbocycles. The maximum Gasteiger partial charge on any atom is 0.455 e. The third kappa shape index (κ3) is 5.69. The van der Waals surface area contributed by atoms with Gasteiger partial charge in [0.1, 0.15) is 5.82 Å². The number of nitriles is 1. The highest BCUT2D eigenvalue weighted by Crippen LogP contribution is 2.40. The minimum absolute atomic E-state index is 0.249. The summed E-state index contributed by atoms with van der Waals surface area (Å²) in [6, 6.07) is 9.63. The van der Waals surface area contributed by atoms with Gasteiger partial charge < -0.3 is 9.30 Å². The number of carbonyl (C=O) groups excluding carboxylic acids is 1. The number of hydrogen-bond donors (Lipinski definition) is 0. The molecular weight excluding hydrogens is 448 g/mol. The number of ether oxygens (including phenoxy) is 1. The molecule has 10 heteroatoms. The number of aromatic nitrogens is 2. The average Bonchev–Trinajstić information content (AvgIpc) is 3.33. The predicted molar refractivity (Wildman–Crippen MR) is 121 cm³/mol. The highest BCUT2D eigenvalue weighted by Gasteiger charge is 2.18. The molecular formula is C22H22N4O4S2. The summed E-state index contributed by atoms with van der Waals surface area (Å²) in [7, 11) is -2.90. The van der Waals surface area contributed by atoms with Crippen LogP contribution in [-0.2, 0) is 29.9 Å². The lowest BCUT2D eigenvalue weighted by atomic mass is 10.00. The molecule has 0 unspecified atom stereocenters. The van der Waals surface area contributed by atoms with E-state index in [1.165, 1.54) is 11.3 Å². The first kappa shape index (κ1) is 23.4. The van der Waals surface area contributed by atoms with Gasteiger partial charge in [-0.15, -0.1) is 11.3 Å². The van der Waals surface area contributed by atoms with Crippen molar-refractivity contribution in [2.75, 3.05) is 0 Å². The Morgan fingerprint density at radius 3 is 2.78 bits per heavy atom. The summed E-state index contributed by atoms with van der Waals surface area (Å²) < 4.78 is 31.5. The van der Waals surface area contributed by atoms with Gasteiger partial charge in [0.15, 0.2) is 5.06 Å². The molecule has 3 rings (SSSR count). The fourth-order valence-electron chi connectivity index (χ4n) is 3.33. The van der Waals surface area contributed by atoms with Crippen LogP contribution >= 0.6 is 11.3 Å². The van der Waals surface area contributed by atoms with E-state index in [9.17, 15) is 18.5 Å². The first-order valence-corrected chi connectivity index (χ1v) is 11.8. The SMILES string of the molecule is CCc1nccn1Cc1ccc(-c2cc(CC(C)C)sc2OC(=O)N=S(=O)=O)cc1C#N. The second-order valence-corrected chi connectivity index (χ2v) is 9.21. The zero-order valence-electron chi connectivity index (χ0n) is 17.9. The van der Waals surface area contributed by atoms with Gasteiger partial charge in [-0.2, -0.15) is 13.7 Å². The quantitative estimate of drug-likeness (QED) is 0.487. The van der Waals surface area contributed by atoms with E-state index in [0.29, 0.717) is 29.2 Å². The van der Waals surface area contributed by atoms with Gasteiger partial charge in [0, 0.05) is 29.3 Å². The molecule has 0 spiro atoms. The van der Waals surface area contributed by atoms with E-state index in [1.807, 2.05) is 35.9 Å². The molecule has 166 valence electrons. The lowest BCUT2D eigenvalue weighted by molar-refractivity contribution is 0.213. The van der Waals surface area contributed by atoms with Gasteiger partial charge in [0.25, 0.3) is 0 Å². The number of amides is 1. The van der Waals surface area contributed by atoms with Gasteiger partial charge in [-0.25, -0.2) is 9.78 Å². The number of thiophene rings is 1. The average molecular weight is 471 g/mol. The molecule has 0 radical (unpaired) electrons. The Morgan fingerprint density at radius 2 is 2.12 bits per heavy atom. The Hall–Kier alpha value is -3.29. The van der Waals surface area contributed by atoms with Crippen LogP contribution < -0.4 is 4.74 Å². The van der Waals surface area contributed by atoms with Crippen LogP contribution in [-0.4, -0.2) is 24.1 Å². The summed E-state index contributed by atoms with van der Waals surface area (Å²) in [6.45, 7) is 6.69. The van der Waals surface area contributed by atoms with Gasteiger partial charge >= 0.3 is 16.6 Å². The Morgan fingerprint density at radius 1 is 1.34 bits per heavy atom. The lowest BCUT2D eigenvalue weighted by Crippen LogP contribution is -2.05. The second kappa shape index (κ2) is 10.3. The third-order valence-corrected chi connectivity index (χ3v) is 6.02. The van der Waals surface area contributed by atoms with E-state index in [0.717, 1.165) is 29.1 Å². The molecule has 32 heavy (non-hydrogen) atoms. The van der Waals surface area contributed by atoms with Crippen molar-refractivity contribution in [1.29, 1.82) is 5.26 Å². The molecule has 0 saturated carbocycles. The summed E-state index contributed by atoms with van der Waals surface area (Å²) in [5.74, 6) is 1.31. The van der Waals surface area contributed by atoms with Crippen molar-refractivity contribution in [3.63, 3.8) is 0 Å². The van der Waals surface area contributed by atoms with Crippen molar-refractivity contribution in [1.82, 2.24) is 9.55 Å². The van der Waals surface area contributed by atoms with Crippen molar-refractivity contribution in [2.24, 2.45) is 10.3 Å². The van der Waals surface area contributed by atoms with Crippen LogP contribution in [0, 0.1) is 17.2 Å². The molecule has 0 atom stereocenters. The monoisotopic (exact) mass is 470 g/mol. The normalized spacial score (nSPS) is 10.7. The fourth-order valence-corrected chi connectivity index (χ4v) is 4.72. The molecule has 8 nitrogen and oxygen atoms in total. The molecule has 0 aliphatic rings. The molecule has 0 saturated heterocycles. The van der Waals surface area contributed by atoms with Crippen molar-refractivity contribution in [2.45, 2.75) is 40.2 Å². The topological polar surface area (TPSA) is 114 Å². The van der Waals surface area contributed by atoms with Crippen molar-refractivity contribution >= 4 is 27.9 Å². The minimum atomic E-state index is -2.90. The van der Waals surface area contributed by atoms with E-state index in [1.54, 1.807) is 12.3 Å². The van der Waals surface area contributed by atoms with E-state index < -0.39 is 16.6 Å². The van der Waals surface area contributed by atoms with E-state index in [4.69, 9.17) is 4.74 Å². The van der Waals surface area contributed by atoms with Gasteiger partial charge in [-0.1, -0.05) is 37.3 Å². The van der Waals surface area contributed by atoms with Crippen LogP contribution in [0.4, 0.5) is 4.79 Å². The third-order valence-electron chi connectivity index (χ3n) is 4.69. The Labute approximate surface area is 191 Å². The molecule has 3 aromatic rings. The van der Waals surface area contributed by atoms with Gasteiger partial charge in [-0.3, -0.25) is 0 Å². The van der Waals surface area contributed by atoms with Crippen LogP contribution in [0.25, 0.3) is 11.1 Å². The highest BCUT2D eigenvalue weighted by atomic mass is 32.2. The summed E-state index contributed by atoms with van der Waals surface area (Å²) in [4.78, 5) is 17.1. The summed E-state index contributed by atoms with van der Waals surface area (Å²) in [5, 5.41) is 9.99. The Balaban J connectivity index is 2.00. The number of carbonyl (C=O) groups is 1. The molecule has 0 N–H and O–H groups in total. The fraction of sp³-hybridized carbons (Fsp3) is 0.318. The smallest absolute Gasteiger partial charge is 0.396 e. The van der Waals surface area contributed by atoms with Crippen LogP contribution in [0.2, 0.25) is 0 Å². The summed E-state index contributed by atoms with van der Waals surface area (Å²) in [5.41, 5.74) is 2.66. The van der Waals surface area contributed by atoms with Crippen molar-refractivity contribution < 1.29 is 17.9 Å². The Bertz CT molecular complexity index is 1310. The molecule has 0 fully saturated rings. The lowest BCUT2D eigenvalue weighted by Gasteiger charge is -2.10. The number of rotatable bonds is 7. The van der Waals surface area contributed by atoms with Gasteiger partial charge in [0.05, 0.1) is 18.2 Å². The molecule has 2 aromatic heterocycles. The molecule has 0 bridgehead atoms. The number of nitrogens with zero attached hydrogens (tertiary/aromatic N) is 4. The van der Waals surface area contributed by atoms with Crippen molar-refractivity contribution in [3.05, 3.63) is 58.5 Å². The highest BCUT2D eigenvalue weighted by molar-refractivity contribution is 7.62. The molecule has 2 heterocycles. The van der Waals surface area contributed by atoms with Crippen LogP contribution in [0.15, 0.2) is 41.0 Å². The zero-order valence-corrected chi connectivity index (χ0v) is 19.5. The first-order valence-electron chi connectivity index (χ1n) is 9.99. The largest absolute Gasteiger partial charge is 0.455 e. The number of benzene rings is 1. The molecule has 1 aromatic carbocycles. The van der Waals surface area contributed by atoms with Crippen LogP contribution in [0.3, 0.4) is 0 Å². The number of imidazole rings is 1. The van der Waals surface area contributed by atoms with Crippen LogP contribution in [0.1, 0.15) is 42.6 Å². The van der Waals surface area contributed by atoms with E-state index in [-0.39, 0.29) is 5.06 Å². The van der Waals surface area contributed by atoms with Gasteiger partial charge in [-0.05, 0) is 35.6 Å². The number of aryl methyl sites for hydroxylation is 1. The van der Waals surface area contributed by atoms with Crippen LogP contribution in [0.5, 0.6) is 5.06 Å². The first-order chi connectivity index (χ1) is 15.3. The standard InChI is InChI=1S/C22H22N4O4S2/c1-4-20-24-7-8-26(20)13-16-6-5-15(10-17(16)12-23)19-11-18(9-14(2)3)31-21(19)30-22(27)25-32(28)29/h5-8,10-11,14H,4,9,13H2,1-3H3. The maximum atomic E-state index is 11.8. The molecule has 0 aliphatic heterocycles. The number of hydrogen-bond acceptors (Lipinski definition) is 7. The summed E-state index contributed by atoms with van der Waals surface area (Å²) >= 11 is 1.27. The van der Waals surface area contributed by atoms with E-state index in [2.05, 4.69) is 29.3 Å². The Kier molecular flexibility index (Phi) is 7.56. The summed E-state index contributed by atoms with van der Waals surface area (Å²) in [6.07, 6.45) is 3.97. The molecule has 1 amide bonds. The van der Waals surface area contributed by atoms with Crippen molar-refractivity contribution in [3.8, 4) is 22.3 Å².